The van der Waals surface area contributed by atoms with Crippen molar-refractivity contribution in [3.63, 3.8) is 0 Å². The van der Waals surface area contributed by atoms with Gasteiger partial charge in [-0.25, -0.2) is 0 Å². The minimum atomic E-state index is -0.0121. The van der Waals surface area contributed by atoms with Gasteiger partial charge in [-0.1, -0.05) is 18.9 Å². The molecule has 2 fully saturated rings. The van der Waals surface area contributed by atoms with E-state index in [-0.39, 0.29) is 30.7 Å². The minimum absolute atomic E-state index is 0.0121. The van der Waals surface area contributed by atoms with Gasteiger partial charge in [-0.2, -0.15) is 0 Å². The van der Waals surface area contributed by atoms with Gasteiger partial charge < -0.3 is 15.0 Å². The third-order valence-corrected chi connectivity index (χ3v) is 5.92. The highest BCUT2D eigenvalue weighted by Crippen LogP contribution is 2.37. The second-order valence-electron chi connectivity index (χ2n) is 6.60. The predicted octanol–water partition coefficient (Wildman–Crippen LogP) is 2.73. The van der Waals surface area contributed by atoms with E-state index in [1.54, 1.807) is 16.2 Å². The lowest BCUT2D eigenvalue weighted by atomic mass is 9.96. The van der Waals surface area contributed by atoms with Gasteiger partial charge in [-0.15, -0.1) is 11.3 Å². The zero-order valence-corrected chi connectivity index (χ0v) is 14.9. The molecule has 2 amide bonds. The van der Waals surface area contributed by atoms with Crippen molar-refractivity contribution in [2.75, 3.05) is 26.3 Å². The number of carbonyl (C=O) groups excluding carboxylic acids is 2. The maximum atomic E-state index is 12.4. The minimum Gasteiger partial charge on any atom is -0.378 e. The van der Waals surface area contributed by atoms with E-state index in [0.29, 0.717) is 32.2 Å². The summed E-state index contributed by atoms with van der Waals surface area (Å²) in [6.45, 7) is 2.47. The normalized spacial score (nSPS) is 20.1. The van der Waals surface area contributed by atoms with E-state index in [1.165, 1.54) is 30.6 Å². The number of rotatable bonds is 6. The Morgan fingerprint density at radius 3 is 2.67 bits per heavy atom. The Morgan fingerprint density at radius 1 is 1.25 bits per heavy atom. The topological polar surface area (TPSA) is 58.6 Å². The van der Waals surface area contributed by atoms with Crippen LogP contribution < -0.4 is 5.32 Å². The lowest BCUT2D eigenvalue weighted by molar-refractivity contribution is -0.137. The number of thiophene rings is 1. The lowest BCUT2D eigenvalue weighted by Crippen LogP contribution is -2.41. The molecule has 1 unspecified atom stereocenters. The Kier molecular flexibility index (Phi) is 6.26. The first-order chi connectivity index (χ1) is 11.7. The Balaban J connectivity index is 1.50. The van der Waals surface area contributed by atoms with Gasteiger partial charge in [0.2, 0.25) is 11.8 Å². The Morgan fingerprint density at radius 2 is 2.00 bits per heavy atom. The van der Waals surface area contributed by atoms with E-state index in [1.807, 2.05) is 6.07 Å². The van der Waals surface area contributed by atoms with Gasteiger partial charge in [0.05, 0.1) is 19.3 Å². The van der Waals surface area contributed by atoms with Gasteiger partial charge in [-0.3, -0.25) is 9.59 Å². The molecular formula is C18H26N2O3S. The molecule has 1 aliphatic heterocycles. The number of nitrogens with zero attached hydrogens (tertiary/aromatic N) is 1. The van der Waals surface area contributed by atoms with Crippen molar-refractivity contribution in [3.8, 4) is 0 Å². The van der Waals surface area contributed by atoms with Crippen molar-refractivity contribution >= 4 is 23.2 Å². The summed E-state index contributed by atoms with van der Waals surface area (Å²) in [7, 11) is 0. The smallest absolute Gasteiger partial charge is 0.223 e. The number of ether oxygens (including phenoxy) is 1. The van der Waals surface area contributed by atoms with Gasteiger partial charge in [-0.05, 0) is 30.2 Å². The SMILES string of the molecule is O=C(CCC(=O)N1CCOCC1)NC(c1cccs1)C1CCCC1. The molecule has 3 rings (SSSR count). The largest absolute Gasteiger partial charge is 0.378 e. The molecule has 1 N–H and O–H groups in total. The maximum Gasteiger partial charge on any atom is 0.223 e. The standard InChI is InChI=1S/C18H26N2O3S/c21-16(7-8-17(22)20-9-11-23-12-10-20)19-18(14-4-1-2-5-14)15-6-3-13-24-15/h3,6,13-14,18H,1-2,4-5,7-12H2,(H,19,21). The third kappa shape index (κ3) is 4.57. The summed E-state index contributed by atoms with van der Waals surface area (Å²) in [6.07, 6.45) is 5.40. The molecule has 1 saturated heterocycles. The molecule has 24 heavy (non-hydrogen) atoms. The van der Waals surface area contributed by atoms with E-state index in [9.17, 15) is 9.59 Å². The Labute approximate surface area is 147 Å². The van der Waals surface area contributed by atoms with Gasteiger partial charge in [0.25, 0.3) is 0 Å². The van der Waals surface area contributed by atoms with Crippen molar-refractivity contribution in [2.45, 2.75) is 44.6 Å². The average molecular weight is 350 g/mol. The van der Waals surface area contributed by atoms with Crippen LogP contribution in [0.1, 0.15) is 49.4 Å². The highest BCUT2D eigenvalue weighted by atomic mass is 32.1. The second kappa shape index (κ2) is 8.62. The van der Waals surface area contributed by atoms with Crippen LogP contribution in [-0.4, -0.2) is 43.0 Å². The summed E-state index contributed by atoms with van der Waals surface area (Å²) < 4.78 is 5.25. The zero-order valence-electron chi connectivity index (χ0n) is 14.0. The van der Waals surface area contributed by atoms with Crippen LogP contribution >= 0.6 is 11.3 Å². The first-order valence-corrected chi connectivity index (χ1v) is 9.80. The molecule has 0 spiro atoms. The van der Waals surface area contributed by atoms with Crippen LogP contribution in [0, 0.1) is 5.92 Å². The van der Waals surface area contributed by atoms with Crippen LogP contribution in [0.5, 0.6) is 0 Å². The number of hydrogen-bond acceptors (Lipinski definition) is 4. The molecule has 1 atom stereocenters. The van der Waals surface area contributed by atoms with E-state index in [2.05, 4.69) is 16.8 Å². The van der Waals surface area contributed by atoms with Gasteiger partial charge in [0.15, 0.2) is 0 Å². The van der Waals surface area contributed by atoms with E-state index < -0.39 is 0 Å². The fourth-order valence-electron chi connectivity index (χ4n) is 3.62. The average Bonchev–Trinajstić information content (AvgIpc) is 3.32. The van der Waals surface area contributed by atoms with Gasteiger partial charge >= 0.3 is 0 Å². The molecule has 0 aromatic carbocycles. The quantitative estimate of drug-likeness (QED) is 0.858. The zero-order chi connectivity index (χ0) is 16.8. The molecule has 0 radical (unpaired) electrons. The van der Waals surface area contributed by atoms with Crippen molar-refractivity contribution in [1.29, 1.82) is 0 Å². The molecule has 132 valence electrons. The van der Waals surface area contributed by atoms with E-state index in [0.717, 1.165) is 0 Å². The van der Waals surface area contributed by atoms with Crippen molar-refractivity contribution < 1.29 is 14.3 Å². The lowest BCUT2D eigenvalue weighted by Gasteiger charge is -2.27. The molecule has 0 bridgehead atoms. The summed E-state index contributed by atoms with van der Waals surface area (Å²) in [4.78, 5) is 27.6. The highest BCUT2D eigenvalue weighted by Gasteiger charge is 2.28. The number of hydrogen-bond donors (Lipinski definition) is 1. The summed E-state index contributed by atoms with van der Waals surface area (Å²) in [5, 5.41) is 5.26. The number of morpholine rings is 1. The Hall–Kier alpha value is -1.40. The summed E-state index contributed by atoms with van der Waals surface area (Å²) in [5.41, 5.74) is 0. The molecule has 5 nitrogen and oxygen atoms in total. The molecule has 1 saturated carbocycles. The van der Waals surface area contributed by atoms with Crippen molar-refractivity contribution in [2.24, 2.45) is 5.92 Å². The number of amides is 2. The first-order valence-electron chi connectivity index (χ1n) is 8.92. The van der Waals surface area contributed by atoms with Crippen LogP contribution in [-0.2, 0) is 14.3 Å². The monoisotopic (exact) mass is 350 g/mol. The first kappa shape index (κ1) is 17.4. The highest BCUT2D eigenvalue weighted by molar-refractivity contribution is 7.10. The van der Waals surface area contributed by atoms with Crippen molar-refractivity contribution in [1.82, 2.24) is 10.2 Å². The molecule has 1 aliphatic carbocycles. The molecule has 2 aliphatic rings. The molecular weight excluding hydrogens is 324 g/mol. The maximum absolute atomic E-state index is 12.4. The van der Waals surface area contributed by atoms with Crippen LogP contribution in [0.25, 0.3) is 0 Å². The molecule has 1 aromatic heterocycles. The van der Waals surface area contributed by atoms with Crippen LogP contribution in [0.2, 0.25) is 0 Å². The Bertz CT molecular complexity index is 534. The number of carbonyl (C=O) groups is 2. The fourth-order valence-corrected chi connectivity index (χ4v) is 4.49. The summed E-state index contributed by atoms with van der Waals surface area (Å²) >= 11 is 1.70. The van der Waals surface area contributed by atoms with E-state index >= 15 is 0 Å². The van der Waals surface area contributed by atoms with Crippen LogP contribution in [0.15, 0.2) is 17.5 Å². The molecule has 1 aromatic rings. The predicted molar refractivity (Wildman–Crippen MR) is 93.8 cm³/mol. The fraction of sp³-hybridized carbons (Fsp3) is 0.667. The van der Waals surface area contributed by atoms with E-state index in [4.69, 9.17) is 4.74 Å². The molecule has 6 heteroatoms. The molecule has 2 heterocycles. The second-order valence-corrected chi connectivity index (χ2v) is 7.58. The summed E-state index contributed by atoms with van der Waals surface area (Å²) in [5.74, 6) is 0.575. The number of nitrogens with one attached hydrogen (secondary N) is 1. The summed E-state index contributed by atoms with van der Waals surface area (Å²) in [6, 6.07) is 4.25. The van der Waals surface area contributed by atoms with Crippen LogP contribution in [0.3, 0.4) is 0 Å². The third-order valence-electron chi connectivity index (χ3n) is 4.97. The van der Waals surface area contributed by atoms with Crippen molar-refractivity contribution in [3.05, 3.63) is 22.4 Å². The van der Waals surface area contributed by atoms with Gasteiger partial charge in [0.1, 0.15) is 0 Å². The van der Waals surface area contributed by atoms with Gasteiger partial charge in [0, 0.05) is 30.8 Å². The van der Waals surface area contributed by atoms with Crippen LogP contribution in [0.4, 0.5) is 0 Å².